The van der Waals surface area contributed by atoms with Crippen LogP contribution in [0.5, 0.6) is 11.5 Å². The van der Waals surface area contributed by atoms with Gasteiger partial charge < -0.3 is 19.9 Å². The SMILES string of the molecule is C[C@H](O)Cc1ccc2c(c1)OC[C@H](C(=O)N[C@H](C)c1ccccc1)O2. The lowest BCUT2D eigenvalue weighted by Gasteiger charge is -2.27. The molecule has 1 aliphatic rings. The first kappa shape index (κ1) is 17.3. The summed E-state index contributed by atoms with van der Waals surface area (Å²) in [6.07, 6.45) is -0.545. The summed E-state index contributed by atoms with van der Waals surface area (Å²) >= 11 is 0. The molecule has 0 radical (unpaired) electrons. The number of ether oxygens (including phenoxy) is 2. The maximum atomic E-state index is 12.5. The number of carbonyl (C=O) groups is 1. The first-order valence-corrected chi connectivity index (χ1v) is 8.48. The van der Waals surface area contributed by atoms with Crippen molar-refractivity contribution in [3.63, 3.8) is 0 Å². The van der Waals surface area contributed by atoms with Crippen molar-refractivity contribution in [2.24, 2.45) is 0 Å². The van der Waals surface area contributed by atoms with Crippen molar-refractivity contribution in [1.29, 1.82) is 0 Å². The molecule has 5 nitrogen and oxygen atoms in total. The van der Waals surface area contributed by atoms with Gasteiger partial charge in [0, 0.05) is 0 Å². The molecule has 0 bridgehead atoms. The fourth-order valence-electron chi connectivity index (χ4n) is 2.84. The summed E-state index contributed by atoms with van der Waals surface area (Å²) in [7, 11) is 0. The number of aliphatic hydroxyl groups excluding tert-OH is 1. The molecule has 3 rings (SSSR count). The van der Waals surface area contributed by atoms with Crippen molar-refractivity contribution >= 4 is 5.91 Å². The highest BCUT2D eigenvalue weighted by atomic mass is 16.6. The Morgan fingerprint density at radius 2 is 1.96 bits per heavy atom. The second-order valence-electron chi connectivity index (χ2n) is 6.39. The summed E-state index contributed by atoms with van der Waals surface area (Å²) in [5.74, 6) is 0.960. The highest BCUT2D eigenvalue weighted by Gasteiger charge is 2.28. The predicted octanol–water partition coefficient (Wildman–Crippen LogP) is 2.63. The van der Waals surface area contributed by atoms with Crippen molar-refractivity contribution in [2.45, 2.75) is 38.5 Å². The van der Waals surface area contributed by atoms with Gasteiger partial charge in [0.15, 0.2) is 11.5 Å². The third-order valence-corrected chi connectivity index (χ3v) is 4.15. The van der Waals surface area contributed by atoms with Crippen LogP contribution in [0, 0.1) is 0 Å². The Labute approximate surface area is 147 Å². The number of hydrogen-bond donors (Lipinski definition) is 2. The minimum absolute atomic E-state index is 0.105. The molecule has 5 heteroatoms. The fraction of sp³-hybridized carbons (Fsp3) is 0.350. The van der Waals surface area contributed by atoms with E-state index in [0.29, 0.717) is 17.9 Å². The Hall–Kier alpha value is -2.53. The van der Waals surface area contributed by atoms with Crippen LogP contribution in [0.15, 0.2) is 48.5 Å². The van der Waals surface area contributed by atoms with Crippen LogP contribution in [0.3, 0.4) is 0 Å². The summed E-state index contributed by atoms with van der Waals surface area (Å²) < 4.78 is 11.5. The van der Waals surface area contributed by atoms with E-state index in [1.807, 2.05) is 49.4 Å². The molecule has 132 valence electrons. The van der Waals surface area contributed by atoms with E-state index in [1.54, 1.807) is 13.0 Å². The number of rotatable bonds is 5. The molecule has 0 saturated carbocycles. The van der Waals surface area contributed by atoms with E-state index in [-0.39, 0.29) is 18.6 Å². The van der Waals surface area contributed by atoms with Gasteiger partial charge >= 0.3 is 0 Å². The monoisotopic (exact) mass is 341 g/mol. The molecule has 0 fully saturated rings. The Morgan fingerprint density at radius 3 is 2.68 bits per heavy atom. The molecule has 1 aliphatic heterocycles. The lowest BCUT2D eigenvalue weighted by molar-refractivity contribution is -0.131. The molecule has 1 amide bonds. The van der Waals surface area contributed by atoms with Crippen LogP contribution in [0.25, 0.3) is 0 Å². The molecule has 0 unspecified atom stereocenters. The second kappa shape index (κ2) is 7.57. The lowest BCUT2D eigenvalue weighted by atomic mass is 10.1. The largest absolute Gasteiger partial charge is 0.485 e. The smallest absolute Gasteiger partial charge is 0.265 e. The molecule has 1 heterocycles. The van der Waals surface area contributed by atoms with Crippen molar-refractivity contribution < 1.29 is 19.4 Å². The first-order valence-electron chi connectivity index (χ1n) is 8.48. The third-order valence-electron chi connectivity index (χ3n) is 4.15. The van der Waals surface area contributed by atoms with Gasteiger partial charge in [0.2, 0.25) is 6.10 Å². The minimum Gasteiger partial charge on any atom is -0.485 e. The maximum Gasteiger partial charge on any atom is 0.265 e. The predicted molar refractivity (Wildman–Crippen MR) is 94.7 cm³/mol. The van der Waals surface area contributed by atoms with Crippen molar-refractivity contribution in [3.05, 3.63) is 59.7 Å². The molecule has 0 spiro atoms. The third kappa shape index (κ3) is 4.31. The van der Waals surface area contributed by atoms with Crippen molar-refractivity contribution in [3.8, 4) is 11.5 Å². The Morgan fingerprint density at radius 1 is 1.20 bits per heavy atom. The van der Waals surface area contributed by atoms with Gasteiger partial charge in [0.1, 0.15) is 6.61 Å². The van der Waals surface area contributed by atoms with E-state index in [4.69, 9.17) is 9.47 Å². The number of carbonyl (C=O) groups excluding carboxylic acids is 1. The van der Waals surface area contributed by atoms with Crippen LogP contribution in [0.2, 0.25) is 0 Å². The van der Waals surface area contributed by atoms with Crippen LogP contribution in [0.1, 0.15) is 31.0 Å². The molecule has 0 aliphatic carbocycles. The number of amides is 1. The van der Waals surface area contributed by atoms with Gasteiger partial charge in [-0.1, -0.05) is 36.4 Å². The molecule has 2 N–H and O–H groups in total. The zero-order chi connectivity index (χ0) is 17.8. The van der Waals surface area contributed by atoms with Crippen LogP contribution in [-0.2, 0) is 11.2 Å². The van der Waals surface area contributed by atoms with Crippen LogP contribution >= 0.6 is 0 Å². The topological polar surface area (TPSA) is 67.8 Å². The van der Waals surface area contributed by atoms with Crippen LogP contribution < -0.4 is 14.8 Å². The summed E-state index contributed by atoms with van der Waals surface area (Å²) in [6, 6.07) is 15.2. The van der Waals surface area contributed by atoms with Gasteiger partial charge in [0.05, 0.1) is 12.1 Å². The Bertz CT molecular complexity index is 730. The van der Waals surface area contributed by atoms with E-state index in [0.717, 1.165) is 11.1 Å². The summed E-state index contributed by atoms with van der Waals surface area (Å²) in [6.45, 7) is 3.84. The summed E-state index contributed by atoms with van der Waals surface area (Å²) in [4.78, 5) is 12.5. The van der Waals surface area contributed by atoms with Crippen LogP contribution in [-0.4, -0.2) is 29.8 Å². The van der Waals surface area contributed by atoms with E-state index in [9.17, 15) is 9.90 Å². The van der Waals surface area contributed by atoms with Crippen molar-refractivity contribution in [2.75, 3.05) is 6.61 Å². The molecular weight excluding hydrogens is 318 g/mol. The molecule has 0 saturated heterocycles. The quantitative estimate of drug-likeness (QED) is 0.877. The molecule has 3 atom stereocenters. The zero-order valence-corrected chi connectivity index (χ0v) is 14.4. The number of aliphatic hydroxyl groups is 1. The normalized spacial score (nSPS) is 18.3. The highest BCUT2D eigenvalue weighted by Crippen LogP contribution is 2.33. The molecule has 25 heavy (non-hydrogen) atoms. The molecule has 0 aromatic heterocycles. The molecule has 2 aromatic carbocycles. The van der Waals surface area contributed by atoms with E-state index in [1.165, 1.54) is 0 Å². The summed E-state index contributed by atoms with van der Waals surface area (Å²) in [5.41, 5.74) is 2.01. The fourth-order valence-corrected chi connectivity index (χ4v) is 2.84. The number of nitrogens with one attached hydrogen (secondary N) is 1. The zero-order valence-electron chi connectivity index (χ0n) is 14.4. The highest BCUT2D eigenvalue weighted by molar-refractivity contribution is 5.82. The van der Waals surface area contributed by atoms with E-state index < -0.39 is 12.2 Å². The van der Waals surface area contributed by atoms with Gasteiger partial charge in [-0.25, -0.2) is 0 Å². The first-order chi connectivity index (χ1) is 12.0. The Balaban J connectivity index is 1.63. The van der Waals surface area contributed by atoms with Gasteiger partial charge in [-0.15, -0.1) is 0 Å². The number of hydrogen-bond acceptors (Lipinski definition) is 4. The number of benzene rings is 2. The standard InChI is InChI=1S/C20H23NO4/c1-13(22)10-15-8-9-17-18(11-15)24-12-19(25-17)20(23)21-14(2)16-6-4-3-5-7-16/h3-9,11,13-14,19,22H,10,12H2,1-2H3,(H,21,23)/t13-,14+,19+/m0/s1. The van der Waals surface area contributed by atoms with Crippen LogP contribution in [0.4, 0.5) is 0 Å². The maximum absolute atomic E-state index is 12.5. The molecule has 2 aromatic rings. The van der Waals surface area contributed by atoms with Gasteiger partial charge in [-0.2, -0.15) is 0 Å². The Kier molecular flexibility index (Phi) is 5.24. The lowest BCUT2D eigenvalue weighted by Crippen LogP contribution is -2.44. The molecular formula is C20H23NO4. The average Bonchev–Trinajstić information content (AvgIpc) is 2.61. The van der Waals surface area contributed by atoms with Gasteiger partial charge in [-0.3, -0.25) is 4.79 Å². The van der Waals surface area contributed by atoms with Gasteiger partial charge in [0.25, 0.3) is 5.91 Å². The minimum atomic E-state index is -0.679. The van der Waals surface area contributed by atoms with E-state index >= 15 is 0 Å². The average molecular weight is 341 g/mol. The van der Waals surface area contributed by atoms with E-state index in [2.05, 4.69) is 5.32 Å². The number of fused-ring (bicyclic) bond motifs is 1. The van der Waals surface area contributed by atoms with Gasteiger partial charge in [-0.05, 0) is 43.5 Å². The summed E-state index contributed by atoms with van der Waals surface area (Å²) in [5, 5.41) is 12.4. The second-order valence-corrected chi connectivity index (χ2v) is 6.39. The van der Waals surface area contributed by atoms with Crippen molar-refractivity contribution in [1.82, 2.24) is 5.32 Å².